The Kier molecular flexibility index (Phi) is 6.65. The molecule has 1 N–H and O–H groups in total. The molecule has 4 rings (SSSR count). The molecule has 2 aromatic heterocycles. The first kappa shape index (κ1) is 23.8. The average Bonchev–Trinajstić information content (AvgIpc) is 3.38. The Morgan fingerprint density at radius 3 is 2.59 bits per heavy atom. The number of aromatic nitrogens is 2. The van der Waals surface area contributed by atoms with E-state index in [4.69, 9.17) is 9.15 Å². The van der Waals surface area contributed by atoms with Crippen LogP contribution in [0.2, 0.25) is 0 Å². The number of esters is 1. The number of fused-ring (bicyclic) bond motifs is 3. The van der Waals surface area contributed by atoms with Gasteiger partial charge in [-0.15, -0.1) is 0 Å². The van der Waals surface area contributed by atoms with Gasteiger partial charge in [0, 0.05) is 29.6 Å². The van der Waals surface area contributed by atoms with Crippen molar-refractivity contribution in [3.05, 3.63) is 54.5 Å². The average molecular weight is 473 g/mol. The second-order valence-corrected chi connectivity index (χ2v) is 8.23. The van der Waals surface area contributed by atoms with Gasteiger partial charge in [-0.25, -0.2) is 4.98 Å². The van der Waals surface area contributed by atoms with E-state index in [9.17, 15) is 18.0 Å². The lowest BCUT2D eigenvalue weighted by molar-refractivity contribution is -0.164. The number of nitrogens with zero attached hydrogens (tertiary/aromatic N) is 2. The molecule has 0 radical (unpaired) electrons. The molecule has 9 heteroatoms. The smallest absolute Gasteiger partial charge is 0.407 e. The van der Waals surface area contributed by atoms with Crippen LogP contribution in [0.25, 0.3) is 33.2 Å². The maximum atomic E-state index is 14.0. The molecule has 0 amide bonds. The Labute approximate surface area is 194 Å². The predicted octanol–water partition coefficient (Wildman–Crippen LogP) is 5.91. The minimum Gasteiger partial charge on any atom is -0.465 e. The summed E-state index contributed by atoms with van der Waals surface area (Å²) in [5, 5.41) is 3.97. The zero-order valence-corrected chi connectivity index (χ0v) is 19.1. The molecule has 0 fully saturated rings. The zero-order valence-electron chi connectivity index (χ0n) is 19.1. The van der Waals surface area contributed by atoms with Gasteiger partial charge in [-0.2, -0.15) is 13.2 Å². The SMILES string of the molecule is CCCC(N[C@@H](c1ccc2c(c1)oc1ccc(-c3cn(C)cn3)cc12)C(F)(F)F)C(=O)OCC. The van der Waals surface area contributed by atoms with Crippen LogP contribution in [0, 0.1) is 0 Å². The fraction of sp³-hybridized carbons (Fsp3) is 0.360. The monoisotopic (exact) mass is 473 g/mol. The minimum absolute atomic E-state index is 0.0330. The summed E-state index contributed by atoms with van der Waals surface area (Å²) in [6.07, 6.45) is -0.274. The van der Waals surface area contributed by atoms with E-state index in [1.165, 1.54) is 12.1 Å². The number of halogens is 3. The Morgan fingerprint density at radius 1 is 1.15 bits per heavy atom. The molecule has 2 atom stereocenters. The number of carbonyl (C=O) groups is 1. The van der Waals surface area contributed by atoms with Crippen LogP contribution in [0.4, 0.5) is 13.2 Å². The number of aryl methyl sites for hydroxylation is 1. The number of ether oxygens (including phenoxy) is 1. The Morgan fingerprint density at radius 2 is 1.94 bits per heavy atom. The standard InChI is InChI=1S/C25H26F3N3O3/c1-4-6-19(24(32)33-5-2)30-23(25(26,27)28)16-7-9-17-18-11-15(20-13-31(3)14-29-20)8-10-21(18)34-22(17)12-16/h7-14,19,23,30H,4-6H2,1-3H3/t19?,23-/m0/s1. The van der Waals surface area contributed by atoms with Crippen molar-refractivity contribution in [1.82, 2.24) is 14.9 Å². The minimum atomic E-state index is -4.62. The van der Waals surface area contributed by atoms with E-state index in [0.29, 0.717) is 23.0 Å². The van der Waals surface area contributed by atoms with Crippen LogP contribution in [0.15, 0.2) is 53.3 Å². The molecular formula is C25H26F3N3O3. The third-order valence-corrected chi connectivity index (χ3v) is 5.67. The van der Waals surface area contributed by atoms with Crippen molar-refractivity contribution in [2.45, 2.75) is 44.9 Å². The van der Waals surface area contributed by atoms with Gasteiger partial charge in [0.25, 0.3) is 0 Å². The molecule has 0 saturated heterocycles. The quantitative estimate of drug-likeness (QED) is 0.322. The number of alkyl halides is 3. The van der Waals surface area contributed by atoms with E-state index >= 15 is 0 Å². The van der Waals surface area contributed by atoms with Crippen LogP contribution in [0.1, 0.15) is 38.3 Å². The fourth-order valence-electron chi connectivity index (χ4n) is 4.08. The molecule has 0 bridgehead atoms. The molecule has 180 valence electrons. The van der Waals surface area contributed by atoms with Crippen LogP contribution in [-0.4, -0.2) is 34.3 Å². The Hall–Kier alpha value is -3.33. The summed E-state index contributed by atoms with van der Waals surface area (Å²) in [7, 11) is 1.88. The maximum absolute atomic E-state index is 14.0. The lowest BCUT2D eigenvalue weighted by Crippen LogP contribution is -2.45. The number of imidazole rings is 1. The van der Waals surface area contributed by atoms with Crippen LogP contribution in [-0.2, 0) is 16.6 Å². The van der Waals surface area contributed by atoms with E-state index < -0.39 is 24.2 Å². The number of benzene rings is 2. The number of nitrogens with one attached hydrogen (secondary N) is 1. The van der Waals surface area contributed by atoms with Gasteiger partial charge in [0.1, 0.15) is 23.2 Å². The molecule has 2 aromatic carbocycles. The molecular weight excluding hydrogens is 447 g/mol. The molecule has 0 aliphatic carbocycles. The molecule has 0 saturated carbocycles. The zero-order chi connectivity index (χ0) is 24.5. The maximum Gasteiger partial charge on any atom is 0.407 e. The first-order chi connectivity index (χ1) is 16.2. The van der Waals surface area contributed by atoms with Crippen molar-refractivity contribution < 1.29 is 27.1 Å². The van der Waals surface area contributed by atoms with Crippen LogP contribution in [0.3, 0.4) is 0 Å². The molecule has 1 unspecified atom stereocenters. The number of carbonyl (C=O) groups excluding carboxylic acids is 1. The lowest BCUT2D eigenvalue weighted by atomic mass is 10.0. The summed E-state index contributed by atoms with van der Waals surface area (Å²) in [6.45, 7) is 3.52. The third kappa shape index (κ3) is 4.79. The summed E-state index contributed by atoms with van der Waals surface area (Å²) in [6, 6.07) is 6.89. The second-order valence-electron chi connectivity index (χ2n) is 8.23. The van der Waals surface area contributed by atoms with Gasteiger partial charge in [-0.1, -0.05) is 25.5 Å². The topological polar surface area (TPSA) is 69.3 Å². The summed E-state index contributed by atoms with van der Waals surface area (Å²) >= 11 is 0. The molecule has 0 aliphatic rings. The summed E-state index contributed by atoms with van der Waals surface area (Å²) in [5.41, 5.74) is 2.54. The van der Waals surface area contributed by atoms with Gasteiger partial charge in [-0.05, 0) is 43.2 Å². The van der Waals surface area contributed by atoms with Crippen molar-refractivity contribution in [2.24, 2.45) is 7.05 Å². The van der Waals surface area contributed by atoms with Crippen molar-refractivity contribution in [3.8, 4) is 11.3 Å². The highest BCUT2D eigenvalue weighted by atomic mass is 19.4. The van der Waals surface area contributed by atoms with E-state index in [1.54, 1.807) is 32.3 Å². The molecule has 6 nitrogen and oxygen atoms in total. The van der Waals surface area contributed by atoms with E-state index in [0.717, 1.165) is 16.6 Å². The number of hydrogen-bond acceptors (Lipinski definition) is 5. The number of hydrogen-bond donors (Lipinski definition) is 1. The molecule has 2 heterocycles. The van der Waals surface area contributed by atoms with Gasteiger partial charge < -0.3 is 13.7 Å². The van der Waals surface area contributed by atoms with E-state index in [2.05, 4.69) is 10.3 Å². The van der Waals surface area contributed by atoms with Crippen LogP contribution in [0.5, 0.6) is 0 Å². The Bertz CT molecular complexity index is 1310. The first-order valence-corrected chi connectivity index (χ1v) is 11.1. The molecule has 4 aromatic rings. The largest absolute Gasteiger partial charge is 0.465 e. The summed E-state index contributed by atoms with van der Waals surface area (Å²) < 4.78 is 54.8. The summed E-state index contributed by atoms with van der Waals surface area (Å²) in [5.74, 6) is -0.689. The van der Waals surface area contributed by atoms with E-state index in [1.807, 2.05) is 29.9 Å². The number of furan rings is 1. The molecule has 34 heavy (non-hydrogen) atoms. The fourth-order valence-corrected chi connectivity index (χ4v) is 4.08. The highest BCUT2D eigenvalue weighted by Gasteiger charge is 2.43. The van der Waals surface area contributed by atoms with Gasteiger partial charge >= 0.3 is 12.1 Å². The molecule has 0 aliphatic heterocycles. The van der Waals surface area contributed by atoms with Gasteiger partial charge in [0.15, 0.2) is 0 Å². The van der Waals surface area contributed by atoms with Crippen LogP contribution >= 0.6 is 0 Å². The predicted molar refractivity (Wildman–Crippen MR) is 123 cm³/mol. The molecule has 0 spiro atoms. The summed E-state index contributed by atoms with van der Waals surface area (Å²) in [4.78, 5) is 16.6. The Balaban J connectivity index is 1.72. The van der Waals surface area contributed by atoms with Gasteiger partial charge in [-0.3, -0.25) is 10.1 Å². The second kappa shape index (κ2) is 9.50. The highest BCUT2D eigenvalue weighted by molar-refractivity contribution is 6.06. The lowest BCUT2D eigenvalue weighted by Gasteiger charge is -2.26. The van der Waals surface area contributed by atoms with Crippen molar-refractivity contribution >= 4 is 27.9 Å². The van der Waals surface area contributed by atoms with Gasteiger partial charge in [0.2, 0.25) is 0 Å². The van der Waals surface area contributed by atoms with Crippen molar-refractivity contribution in [1.29, 1.82) is 0 Å². The normalized spacial score (nSPS) is 13.9. The highest BCUT2D eigenvalue weighted by Crippen LogP contribution is 2.38. The van der Waals surface area contributed by atoms with Crippen molar-refractivity contribution in [2.75, 3.05) is 6.61 Å². The number of rotatable bonds is 8. The van der Waals surface area contributed by atoms with E-state index in [-0.39, 0.29) is 18.6 Å². The third-order valence-electron chi connectivity index (χ3n) is 5.67. The van der Waals surface area contributed by atoms with Crippen LogP contribution < -0.4 is 5.32 Å². The van der Waals surface area contributed by atoms with Gasteiger partial charge in [0.05, 0.1) is 18.6 Å². The first-order valence-electron chi connectivity index (χ1n) is 11.1. The van der Waals surface area contributed by atoms with Crippen molar-refractivity contribution in [3.63, 3.8) is 0 Å².